The molecule has 0 saturated carbocycles. The van der Waals surface area contributed by atoms with Gasteiger partial charge in [0.15, 0.2) is 0 Å². The quantitative estimate of drug-likeness (QED) is 0.272. The van der Waals surface area contributed by atoms with E-state index in [9.17, 15) is 18.8 Å². The number of aromatic amines is 1. The Morgan fingerprint density at radius 3 is 2.55 bits per heavy atom. The first-order valence-corrected chi connectivity index (χ1v) is 12.9. The van der Waals surface area contributed by atoms with Gasteiger partial charge in [-0.3, -0.25) is 14.5 Å². The molecule has 6 rings (SSSR count). The molecule has 1 saturated heterocycles. The van der Waals surface area contributed by atoms with Crippen molar-refractivity contribution < 1.29 is 18.8 Å². The Balaban J connectivity index is 1.45. The van der Waals surface area contributed by atoms with Gasteiger partial charge in [-0.15, -0.1) is 0 Å². The number of para-hydroxylation sites is 2. The van der Waals surface area contributed by atoms with Gasteiger partial charge in [-0.1, -0.05) is 55.8 Å². The molecular formula is C30H27FN4O3. The number of nitrogens with one attached hydrogen (secondary N) is 2. The van der Waals surface area contributed by atoms with Gasteiger partial charge in [0.1, 0.15) is 17.9 Å². The van der Waals surface area contributed by atoms with Crippen molar-refractivity contribution in [1.82, 2.24) is 15.2 Å². The second-order valence-electron chi connectivity index (χ2n) is 9.73. The lowest BCUT2D eigenvalue weighted by Crippen LogP contribution is -2.44. The number of hydrogen-bond acceptors (Lipinski definition) is 3. The molecule has 0 spiro atoms. The highest BCUT2D eigenvalue weighted by Gasteiger charge is 2.53. The van der Waals surface area contributed by atoms with E-state index in [1.807, 2.05) is 31.2 Å². The average Bonchev–Trinajstić information content (AvgIpc) is 3.42. The molecule has 4 aromatic rings. The summed E-state index contributed by atoms with van der Waals surface area (Å²) in [6.07, 6.45) is 2.10. The summed E-state index contributed by atoms with van der Waals surface area (Å²) in [5.74, 6) is -1.09. The third-order valence-corrected chi connectivity index (χ3v) is 7.44. The third kappa shape index (κ3) is 3.75. The molecule has 1 aromatic heterocycles. The van der Waals surface area contributed by atoms with E-state index >= 15 is 0 Å². The lowest BCUT2D eigenvalue weighted by atomic mass is 9.89. The third-order valence-electron chi connectivity index (χ3n) is 7.44. The van der Waals surface area contributed by atoms with Crippen molar-refractivity contribution in [3.8, 4) is 0 Å². The average molecular weight is 511 g/mol. The molecule has 2 N–H and O–H groups in total. The number of imide groups is 1. The summed E-state index contributed by atoms with van der Waals surface area (Å²) in [5, 5.41) is 3.87. The molecule has 0 aliphatic carbocycles. The fourth-order valence-electron chi connectivity index (χ4n) is 5.62. The van der Waals surface area contributed by atoms with Gasteiger partial charge in [0.05, 0.1) is 11.3 Å². The maximum atomic E-state index is 14.1. The van der Waals surface area contributed by atoms with Gasteiger partial charge in [-0.05, 0) is 47.9 Å². The lowest BCUT2D eigenvalue weighted by molar-refractivity contribution is -0.120. The van der Waals surface area contributed by atoms with Crippen LogP contribution in [-0.4, -0.2) is 40.3 Å². The van der Waals surface area contributed by atoms with Crippen molar-refractivity contribution in [2.24, 2.45) is 0 Å². The van der Waals surface area contributed by atoms with Crippen molar-refractivity contribution >= 4 is 34.4 Å². The number of carbonyl (C=O) groups is 3. The number of hydrogen-bond donors (Lipinski definition) is 2. The van der Waals surface area contributed by atoms with Crippen LogP contribution in [0.1, 0.15) is 53.0 Å². The van der Waals surface area contributed by atoms with E-state index in [1.165, 1.54) is 12.1 Å². The molecule has 1 fully saturated rings. The van der Waals surface area contributed by atoms with Crippen LogP contribution in [0.5, 0.6) is 0 Å². The highest BCUT2D eigenvalue weighted by Crippen LogP contribution is 2.45. The molecule has 8 heteroatoms. The Morgan fingerprint density at radius 2 is 1.76 bits per heavy atom. The van der Waals surface area contributed by atoms with Crippen LogP contribution in [0.2, 0.25) is 0 Å². The SMILES string of the molecule is CCCCNC(=O)c1ccccc1N1C(=O)[C@@H]2Cc3c([nH]c4ccccc34)[C@@H](c3ccc(F)cc3)N2C1=O. The van der Waals surface area contributed by atoms with Crippen LogP contribution in [0.3, 0.4) is 0 Å². The second kappa shape index (κ2) is 9.45. The molecule has 0 unspecified atom stereocenters. The van der Waals surface area contributed by atoms with Crippen LogP contribution in [0, 0.1) is 5.82 Å². The molecule has 2 aliphatic heterocycles. The van der Waals surface area contributed by atoms with Gasteiger partial charge in [0.2, 0.25) is 0 Å². The van der Waals surface area contributed by atoms with Gasteiger partial charge < -0.3 is 10.3 Å². The fourth-order valence-corrected chi connectivity index (χ4v) is 5.62. The maximum absolute atomic E-state index is 14.1. The smallest absolute Gasteiger partial charge is 0.332 e. The summed E-state index contributed by atoms with van der Waals surface area (Å²) in [6.45, 7) is 2.54. The number of urea groups is 1. The van der Waals surface area contributed by atoms with E-state index in [1.54, 1.807) is 41.3 Å². The highest BCUT2D eigenvalue weighted by atomic mass is 19.1. The molecule has 3 aromatic carbocycles. The number of anilines is 1. The summed E-state index contributed by atoms with van der Waals surface area (Å²) in [7, 11) is 0. The summed E-state index contributed by atoms with van der Waals surface area (Å²) >= 11 is 0. The number of rotatable bonds is 6. The number of nitrogens with zero attached hydrogens (tertiary/aromatic N) is 2. The van der Waals surface area contributed by atoms with Crippen molar-refractivity contribution in [2.45, 2.75) is 38.3 Å². The van der Waals surface area contributed by atoms with Gasteiger partial charge in [-0.2, -0.15) is 0 Å². The van der Waals surface area contributed by atoms with E-state index in [0.29, 0.717) is 18.5 Å². The topological polar surface area (TPSA) is 85.5 Å². The van der Waals surface area contributed by atoms with Gasteiger partial charge in [0.25, 0.3) is 11.8 Å². The summed E-state index contributed by atoms with van der Waals surface area (Å²) in [4.78, 5) is 47.2. The molecule has 4 amide bonds. The minimum atomic E-state index is -0.763. The summed E-state index contributed by atoms with van der Waals surface area (Å²) in [6, 6.07) is 18.6. The molecule has 38 heavy (non-hydrogen) atoms. The molecule has 3 heterocycles. The van der Waals surface area contributed by atoms with Crippen molar-refractivity contribution in [1.29, 1.82) is 0 Å². The molecule has 2 atom stereocenters. The van der Waals surface area contributed by atoms with Gasteiger partial charge >= 0.3 is 6.03 Å². The van der Waals surface area contributed by atoms with Crippen LogP contribution < -0.4 is 10.2 Å². The first-order valence-electron chi connectivity index (χ1n) is 12.9. The number of amides is 4. The van der Waals surface area contributed by atoms with Gasteiger partial charge in [-0.25, -0.2) is 14.1 Å². The Kier molecular flexibility index (Phi) is 5.94. The minimum Gasteiger partial charge on any atom is -0.356 e. The standard InChI is InChI=1S/C30H27FN4O3/c1-2-3-16-32-28(36)21-9-5-7-11-24(21)35-29(37)25-17-22-20-8-4-6-10-23(20)33-26(22)27(34(25)30(35)38)18-12-14-19(31)15-13-18/h4-15,25,27,33H,2-3,16-17H2,1H3,(H,32,36)/t25-,27+/m0/s1. The first-order chi connectivity index (χ1) is 18.5. The molecular weight excluding hydrogens is 483 g/mol. The summed E-state index contributed by atoms with van der Waals surface area (Å²) < 4.78 is 13.9. The van der Waals surface area contributed by atoms with E-state index in [-0.39, 0.29) is 28.9 Å². The maximum Gasteiger partial charge on any atom is 0.332 e. The minimum absolute atomic E-state index is 0.261. The fraction of sp³-hybridized carbons (Fsp3) is 0.233. The van der Waals surface area contributed by atoms with Crippen LogP contribution in [0.15, 0.2) is 72.8 Å². The first kappa shape index (κ1) is 23.9. The zero-order chi connectivity index (χ0) is 26.4. The van der Waals surface area contributed by atoms with Crippen LogP contribution in [0.25, 0.3) is 10.9 Å². The van der Waals surface area contributed by atoms with Crippen LogP contribution in [-0.2, 0) is 11.2 Å². The second-order valence-corrected chi connectivity index (χ2v) is 9.73. The summed E-state index contributed by atoms with van der Waals surface area (Å²) in [5.41, 5.74) is 3.91. The number of halogens is 1. The number of unbranched alkanes of at least 4 members (excludes halogenated alkanes) is 1. The Bertz CT molecular complexity index is 1560. The molecule has 0 radical (unpaired) electrons. The van der Waals surface area contributed by atoms with E-state index in [0.717, 1.165) is 39.9 Å². The van der Waals surface area contributed by atoms with Crippen molar-refractivity contribution in [2.75, 3.05) is 11.4 Å². The van der Waals surface area contributed by atoms with Crippen molar-refractivity contribution in [3.63, 3.8) is 0 Å². The Morgan fingerprint density at radius 1 is 1.03 bits per heavy atom. The van der Waals surface area contributed by atoms with E-state index in [4.69, 9.17) is 0 Å². The largest absolute Gasteiger partial charge is 0.356 e. The number of benzene rings is 3. The van der Waals surface area contributed by atoms with E-state index < -0.39 is 18.1 Å². The number of H-pyrrole nitrogens is 1. The number of carbonyl (C=O) groups excluding carboxylic acids is 3. The van der Waals surface area contributed by atoms with Crippen LogP contribution >= 0.6 is 0 Å². The number of aromatic nitrogens is 1. The normalized spacial score (nSPS) is 18.6. The van der Waals surface area contributed by atoms with Crippen molar-refractivity contribution in [3.05, 3.63) is 101 Å². The number of fused-ring (bicyclic) bond motifs is 4. The van der Waals surface area contributed by atoms with E-state index in [2.05, 4.69) is 10.3 Å². The molecule has 192 valence electrons. The molecule has 7 nitrogen and oxygen atoms in total. The highest BCUT2D eigenvalue weighted by molar-refractivity contribution is 6.24. The zero-order valence-corrected chi connectivity index (χ0v) is 20.9. The predicted octanol–water partition coefficient (Wildman–Crippen LogP) is 5.32. The predicted molar refractivity (Wildman–Crippen MR) is 142 cm³/mol. The zero-order valence-electron chi connectivity index (χ0n) is 20.9. The van der Waals surface area contributed by atoms with Gasteiger partial charge in [0, 0.05) is 29.6 Å². The molecule has 2 aliphatic rings. The Hall–Kier alpha value is -4.46. The molecule has 0 bridgehead atoms. The van der Waals surface area contributed by atoms with Crippen LogP contribution in [0.4, 0.5) is 14.9 Å². The monoisotopic (exact) mass is 510 g/mol. The Labute approximate surface area is 219 Å². The lowest BCUT2D eigenvalue weighted by Gasteiger charge is -2.36.